The van der Waals surface area contributed by atoms with Gasteiger partial charge < -0.3 is 0 Å². The Labute approximate surface area is 59.8 Å². The first-order valence-corrected chi connectivity index (χ1v) is 3.40. The Morgan fingerprint density at radius 2 is 2.50 bits per heavy atom. The van der Waals surface area contributed by atoms with E-state index in [0.29, 0.717) is 0 Å². The van der Waals surface area contributed by atoms with Crippen molar-refractivity contribution < 1.29 is 4.58 Å². The molecule has 0 radical (unpaired) electrons. The van der Waals surface area contributed by atoms with Crippen LogP contribution in [0.5, 0.6) is 0 Å². The maximum atomic E-state index is 4.20. The summed E-state index contributed by atoms with van der Waals surface area (Å²) in [4.78, 5) is 4.20. The zero-order valence-corrected chi connectivity index (χ0v) is 5.75. The minimum Gasteiger partial charge on any atom is -0.237 e. The smallest absolute Gasteiger partial charge is 0.237 e. The Morgan fingerprint density at radius 1 is 1.60 bits per heavy atom. The average molecular weight is 133 g/mol. The summed E-state index contributed by atoms with van der Waals surface area (Å²) < 4.78 is 1.94. The molecule has 0 amide bonds. The third kappa shape index (κ3) is 0.652. The highest BCUT2D eigenvalue weighted by Crippen LogP contribution is 2.20. The predicted molar refractivity (Wildman–Crippen MR) is 39.8 cm³/mol. The van der Waals surface area contributed by atoms with Gasteiger partial charge in [0.25, 0.3) is 0 Å². The molecule has 2 heteroatoms. The molecule has 50 valence electrons. The third-order valence-corrected chi connectivity index (χ3v) is 1.82. The first-order valence-electron chi connectivity index (χ1n) is 3.40. The van der Waals surface area contributed by atoms with Crippen LogP contribution in [-0.4, -0.2) is 22.8 Å². The Kier molecular flexibility index (Phi) is 1.07. The fraction of sp³-hybridized carbons (Fsp3) is 0.250. The van der Waals surface area contributed by atoms with Gasteiger partial charge in [0.1, 0.15) is 6.20 Å². The van der Waals surface area contributed by atoms with Gasteiger partial charge in [0.2, 0.25) is 0 Å². The SMILES string of the molecule is C=[N+]1CCc2cccnc21. The summed E-state index contributed by atoms with van der Waals surface area (Å²) in [6.45, 7) is 4.86. The van der Waals surface area contributed by atoms with Crippen LogP contribution in [0.3, 0.4) is 0 Å². The number of fused-ring (bicyclic) bond motifs is 1. The number of rotatable bonds is 0. The van der Waals surface area contributed by atoms with E-state index in [1.165, 1.54) is 5.56 Å². The van der Waals surface area contributed by atoms with E-state index in [9.17, 15) is 0 Å². The maximum absolute atomic E-state index is 4.20. The van der Waals surface area contributed by atoms with Crippen molar-refractivity contribution in [3.05, 3.63) is 23.9 Å². The summed E-state index contributed by atoms with van der Waals surface area (Å²) in [6.07, 6.45) is 2.90. The monoisotopic (exact) mass is 133 g/mol. The second-order valence-electron chi connectivity index (χ2n) is 2.50. The molecular weight excluding hydrogens is 124 g/mol. The van der Waals surface area contributed by atoms with Crippen molar-refractivity contribution in [2.45, 2.75) is 6.42 Å². The molecule has 0 saturated heterocycles. The molecule has 0 saturated carbocycles. The van der Waals surface area contributed by atoms with E-state index in [1.54, 1.807) is 0 Å². The first-order chi connectivity index (χ1) is 4.88. The van der Waals surface area contributed by atoms with Crippen molar-refractivity contribution in [3.8, 4) is 0 Å². The fourth-order valence-electron chi connectivity index (χ4n) is 1.27. The predicted octanol–water partition coefficient (Wildman–Crippen LogP) is 0.982. The summed E-state index contributed by atoms with van der Waals surface area (Å²) in [5.74, 6) is 1.04. The largest absolute Gasteiger partial charge is 0.325 e. The Morgan fingerprint density at radius 3 is 3.30 bits per heavy atom. The van der Waals surface area contributed by atoms with Gasteiger partial charge in [0.15, 0.2) is 0 Å². The van der Waals surface area contributed by atoms with Gasteiger partial charge in [-0.15, -0.1) is 0 Å². The van der Waals surface area contributed by atoms with Crippen LogP contribution >= 0.6 is 0 Å². The van der Waals surface area contributed by atoms with Crippen LogP contribution in [0, 0.1) is 0 Å². The van der Waals surface area contributed by atoms with Crippen molar-refractivity contribution in [1.82, 2.24) is 4.98 Å². The highest BCUT2D eigenvalue weighted by atomic mass is 15.1. The van der Waals surface area contributed by atoms with Crippen LogP contribution in [0.2, 0.25) is 0 Å². The van der Waals surface area contributed by atoms with Crippen molar-refractivity contribution >= 4 is 12.5 Å². The third-order valence-electron chi connectivity index (χ3n) is 1.82. The second-order valence-corrected chi connectivity index (χ2v) is 2.50. The normalized spacial score (nSPS) is 15.4. The van der Waals surface area contributed by atoms with Gasteiger partial charge in [-0.3, -0.25) is 0 Å². The number of hydrogen-bond acceptors (Lipinski definition) is 1. The fourth-order valence-corrected chi connectivity index (χ4v) is 1.27. The Balaban J connectivity index is 2.61. The molecule has 0 fully saturated rings. The lowest BCUT2D eigenvalue weighted by atomic mass is 10.2. The topological polar surface area (TPSA) is 15.9 Å². The Bertz CT molecular complexity index is 278. The molecule has 1 aromatic heterocycles. The molecule has 0 aliphatic carbocycles. The molecule has 1 aliphatic rings. The van der Waals surface area contributed by atoms with E-state index < -0.39 is 0 Å². The van der Waals surface area contributed by atoms with Gasteiger partial charge >= 0.3 is 5.82 Å². The number of hydrogen-bond donors (Lipinski definition) is 0. The maximum Gasteiger partial charge on any atom is 0.325 e. The van der Waals surface area contributed by atoms with E-state index >= 15 is 0 Å². The highest BCUT2D eigenvalue weighted by Gasteiger charge is 2.20. The molecule has 2 nitrogen and oxygen atoms in total. The van der Waals surface area contributed by atoms with Crippen LogP contribution in [0.1, 0.15) is 5.56 Å². The van der Waals surface area contributed by atoms with E-state index in [-0.39, 0.29) is 0 Å². The van der Waals surface area contributed by atoms with Gasteiger partial charge in [-0.2, -0.15) is 0 Å². The minimum absolute atomic E-state index is 1.01. The average Bonchev–Trinajstić information content (AvgIpc) is 2.34. The zero-order chi connectivity index (χ0) is 6.97. The summed E-state index contributed by atoms with van der Waals surface area (Å²) in [5.41, 5.74) is 1.32. The molecule has 0 spiro atoms. The summed E-state index contributed by atoms with van der Waals surface area (Å²) in [6, 6.07) is 4.07. The van der Waals surface area contributed by atoms with Gasteiger partial charge in [0, 0.05) is 12.0 Å². The highest BCUT2D eigenvalue weighted by molar-refractivity contribution is 5.37. The molecule has 0 aromatic carbocycles. The number of aromatic nitrogens is 1. The molecule has 0 atom stereocenters. The van der Waals surface area contributed by atoms with E-state index in [4.69, 9.17) is 0 Å². The standard InChI is InChI=1S/C8H9N2/c1-10-6-4-7-3-2-5-9-8(7)10/h2-3,5H,1,4,6H2/q+1. The molecular formula is C8H9N2+. The van der Waals surface area contributed by atoms with Crippen molar-refractivity contribution in [2.24, 2.45) is 0 Å². The molecule has 2 heterocycles. The molecule has 1 aliphatic heterocycles. The van der Waals surface area contributed by atoms with E-state index in [2.05, 4.69) is 17.8 Å². The van der Waals surface area contributed by atoms with Gasteiger partial charge in [-0.25, -0.2) is 4.58 Å². The van der Waals surface area contributed by atoms with Gasteiger partial charge in [-0.05, 0) is 17.1 Å². The van der Waals surface area contributed by atoms with Gasteiger partial charge in [0.05, 0.1) is 13.3 Å². The quantitative estimate of drug-likeness (QED) is 0.482. The lowest BCUT2D eigenvalue weighted by molar-refractivity contribution is -0.423. The van der Waals surface area contributed by atoms with Crippen LogP contribution < -0.4 is 0 Å². The lowest BCUT2D eigenvalue weighted by Crippen LogP contribution is -1.97. The summed E-state index contributed by atoms with van der Waals surface area (Å²) in [5, 5.41) is 0. The minimum atomic E-state index is 1.01. The Hall–Kier alpha value is -1.18. The molecule has 0 bridgehead atoms. The first kappa shape index (κ1) is 5.59. The van der Waals surface area contributed by atoms with Crippen molar-refractivity contribution in [3.63, 3.8) is 0 Å². The lowest BCUT2D eigenvalue weighted by Gasteiger charge is -1.86. The van der Waals surface area contributed by atoms with Crippen LogP contribution in [0.4, 0.5) is 5.82 Å². The molecule has 1 aromatic rings. The molecule has 0 unspecified atom stereocenters. The zero-order valence-electron chi connectivity index (χ0n) is 5.75. The van der Waals surface area contributed by atoms with Crippen LogP contribution in [-0.2, 0) is 6.42 Å². The van der Waals surface area contributed by atoms with E-state index in [0.717, 1.165) is 18.8 Å². The van der Waals surface area contributed by atoms with E-state index in [1.807, 2.05) is 16.8 Å². The van der Waals surface area contributed by atoms with Crippen molar-refractivity contribution in [1.29, 1.82) is 0 Å². The second kappa shape index (κ2) is 1.90. The van der Waals surface area contributed by atoms with Crippen LogP contribution in [0.25, 0.3) is 0 Å². The van der Waals surface area contributed by atoms with Gasteiger partial charge in [-0.1, -0.05) is 0 Å². The molecule has 10 heavy (non-hydrogen) atoms. The number of nitrogens with zero attached hydrogens (tertiary/aromatic N) is 2. The molecule has 0 N–H and O–H groups in total. The molecule has 2 rings (SSSR count). The number of pyridine rings is 1. The summed E-state index contributed by atoms with van der Waals surface area (Å²) in [7, 11) is 0. The van der Waals surface area contributed by atoms with Crippen molar-refractivity contribution in [2.75, 3.05) is 6.54 Å². The summed E-state index contributed by atoms with van der Waals surface area (Å²) >= 11 is 0. The van der Waals surface area contributed by atoms with Crippen LogP contribution in [0.15, 0.2) is 18.3 Å².